The number of benzene rings is 1. The van der Waals surface area contributed by atoms with E-state index in [1.54, 1.807) is 0 Å². The van der Waals surface area contributed by atoms with E-state index in [-0.39, 0.29) is 5.41 Å². The van der Waals surface area contributed by atoms with Gasteiger partial charge < -0.3 is 5.32 Å². The van der Waals surface area contributed by atoms with Gasteiger partial charge in [0.25, 0.3) is 0 Å². The Morgan fingerprint density at radius 1 is 1.10 bits per heavy atom. The molecule has 0 radical (unpaired) electrons. The van der Waals surface area contributed by atoms with Gasteiger partial charge in [-0.15, -0.1) is 0 Å². The van der Waals surface area contributed by atoms with E-state index in [4.69, 9.17) is 0 Å². The van der Waals surface area contributed by atoms with Crippen LogP contribution in [0.2, 0.25) is 0 Å². The Hall–Kier alpha value is -0.820. The lowest BCUT2D eigenvalue weighted by atomic mass is 9.79. The Bertz CT molecular complexity index is 376. The van der Waals surface area contributed by atoms with Crippen molar-refractivity contribution in [2.24, 2.45) is 5.92 Å². The van der Waals surface area contributed by atoms with E-state index in [0.717, 1.165) is 5.92 Å². The number of hydrogen-bond acceptors (Lipinski definition) is 1. The van der Waals surface area contributed by atoms with Gasteiger partial charge in [0.1, 0.15) is 0 Å². The monoisotopic (exact) mass is 273 g/mol. The Kier molecular flexibility index (Phi) is 5.65. The van der Waals surface area contributed by atoms with Crippen LogP contribution < -0.4 is 5.32 Å². The average molecular weight is 273 g/mol. The summed E-state index contributed by atoms with van der Waals surface area (Å²) in [5.74, 6) is 0.922. The van der Waals surface area contributed by atoms with Gasteiger partial charge in [-0.3, -0.25) is 0 Å². The number of rotatable bonds is 6. The molecule has 1 atom stereocenters. The minimum Gasteiger partial charge on any atom is -0.314 e. The maximum Gasteiger partial charge on any atom is 0.00471 e. The van der Waals surface area contributed by atoms with Gasteiger partial charge >= 0.3 is 0 Å². The minimum absolute atomic E-state index is 0.250. The minimum atomic E-state index is 0.250. The molecule has 20 heavy (non-hydrogen) atoms. The third-order valence-corrected chi connectivity index (χ3v) is 4.85. The molecule has 1 fully saturated rings. The fraction of sp³-hybridized carbons (Fsp3) is 0.684. The summed E-state index contributed by atoms with van der Waals surface area (Å²) in [6.07, 6.45) is 8.40. The summed E-state index contributed by atoms with van der Waals surface area (Å²) in [6, 6.07) is 11.5. The SMILES string of the molecule is CC(CC(C)(C)c1ccccc1)NCC1CCCCC1. The highest BCUT2D eigenvalue weighted by Crippen LogP contribution is 2.28. The fourth-order valence-electron chi connectivity index (χ4n) is 3.60. The van der Waals surface area contributed by atoms with Crippen LogP contribution in [0.15, 0.2) is 30.3 Å². The second-order valence-corrected chi connectivity index (χ2v) is 7.27. The first-order valence-corrected chi connectivity index (χ1v) is 8.37. The second-order valence-electron chi connectivity index (χ2n) is 7.27. The Morgan fingerprint density at radius 3 is 2.40 bits per heavy atom. The zero-order valence-corrected chi connectivity index (χ0v) is 13.5. The van der Waals surface area contributed by atoms with Crippen LogP contribution in [-0.2, 0) is 5.41 Å². The Labute approximate surface area is 125 Å². The van der Waals surface area contributed by atoms with Gasteiger partial charge in [-0.1, -0.05) is 63.4 Å². The summed E-state index contributed by atoms with van der Waals surface area (Å²) in [5.41, 5.74) is 1.70. The summed E-state index contributed by atoms with van der Waals surface area (Å²) in [4.78, 5) is 0. The third kappa shape index (κ3) is 4.63. The summed E-state index contributed by atoms with van der Waals surface area (Å²) < 4.78 is 0. The molecule has 0 bridgehead atoms. The topological polar surface area (TPSA) is 12.0 Å². The molecule has 1 aliphatic carbocycles. The molecule has 1 aromatic carbocycles. The molecule has 0 amide bonds. The lowest BCUT2D eigenvalue weighted by Gasteiger charge is -2.31. The van der Waals surface area contributed by atoms with Crippen LogP contribution in [0, 0.1) is 5.92 Å². The highest BCUT2D eigenvalue weighted by Gasteiger charge is 2.23. The summed E-state index contributed by atoms with van der Waals surface area (Å²) in [7, 11) is 0. The molecule has 1 aliphatic rings. The van der Waals surface area contributed by atoms with Gasteiger partial charge in [0, 0.05) is 6.04 Å². The van der Waals surface area contributed by atoms with Crippen LogP contribution >= 0.6 is 0 Å². The smallest absolute Gasteiger partial charge is 0.00471 e. The van der Waals surface area contributed by atoms with Crippen LogP contribution in [0.4, 0.5) is 0 Å². The second kappa shape index (κ2) is 7.26. The van der Waals surface area contributed by atoms with E-state index < -0.39 is 0 Å². The Balaban J connectivity index is 1.79. The maximum absolute atomic E-state index is 3.78. The van der Waals surface area contributed by atoms with Crippen LogP contribution in [-0.4, -0.2) is 12.6 Å². The molecule has 1 nitrogen and oxygen atoms in total. The van der Waals surface area contributed by atoms with Crippen molar-refractivity contribution in [3.63, 3.8) is 0 Å². The van der Waals surface area contributed by atoms with Crippen molar-refractivity contribution < 1.29 is 0 Å². The molecule has 0 saturated heterocycles. The van der Waals surface area contributed by atoms with Crippen molar-refractivity contribution in [2.75, 3.05) is 6.54 Å². The van der Waals surface area contributed by atoms with Gasteiger partial charge in [-0.05, 0) is 49.6 Å². The van der Waals surface area contributed by atoms with Crippen LogP contribution in [0.3, 0.4) is 0 Å². The van der Waals surface area contributed by atoms with Gasteiger partial charge in [0.15, 0.2) is 0 Å². The zero-order valence-electron chi connectivity index (χ0n) is 13.5. The molecule has 1 aromatic rings. The molecule has 0 aliphatic heterocycles. The number of nitrogens with one attached hydrogen (secondary N) is 1. The van der Waals surface area contributed by atoms with Crippen molar-refractivity contribution in [3.8, 4) is 0 Å². The van der Waals surface area contributed by atoms with Crippen molar-refractivity contribution in [2.45, 2.75) is 70.8 Å². The van der Waals surface area contributed by atoms with Gasteiger partial charge in [-0.2, -0.15) is 0 Å². The summed E-state index contributed by atoms with van der Waals surface area (Å²) in [6.45, 7) is 8.28. The molecule has 0 aromatic heterocycles. The molecular formula is C19H31N. The molecule has 1 saturated carbocycles. The van der Waals surface area contributed by atoms with Gasteiger partial charge in [0.05, 0.1) is 0 Å². The van der Waals surface area contributed by atoms with Crippen molar-refractivity contribution in [1.29, 1.82) is 0 Å². The largest absolute Gasteiger partial charge is 0.314 e. The molecule has 0 spiro atoms. The lowest BCUT2D eigenvalue weighted by molar-refractivity contribution is 0.311. The van der Waals surface area contributed by atoms with Crippen LogP contribution in [0.25, 0.3) is 0 Å². The molecule has 2 rings (SSSR count). The first-order chi connectivity index (χ1) is 9.58. The fourth-order valence-corrected chi connectivity index (χ4v) is 3.60. The highest BCUT2D eigenvalue weighted by molar-refractivity contribution is 5.23. The Morgan fingerprint density at radius 2 is 1.75 bits per heavy atom. The summed E-state index contributed by atoms with van der Waals surface area (Å²) in [5, 5.41) is 3.78. The van der Waals surface area contributed by atoms with Crippen molar-refractivity contribution >= 4 is 0 Å². The maximum atomic E-state index is 3.78. The van der Waals surface area contributed by atoms with E-state index >= 15 is 0 Å². The zero-order chi connectivity index (χ0) is 14.4. The van der Waals surface area contributed by atoms with Crippen LogP contribution in [0.5, 0.6) is 0 Å². The van der Waals surface area contributed by atoms with E-state index in [1.165, 1.54) is 50.6 Å². The molecular weight excluding hydrogens is 242 g/mol. The van der Waals surface area contributed by atoms with E-state index in [2.05, 4.69) is 56.4 Å². The van der Waals surface area contributed by atoms with Crippen molar-refractivity contribution in [3.05, 3.63) is 35.9 Å². The highest BCUT2D eigenvalue weighted by atomic mass is 14.9. The third-order valence-electron chi connectivity index (χ3n) is 4.85. The first-order valence-electron chi connectivity index (χ1n) is 8.37. The predicted octanol–water partition coefficient (Wildman–Crippen LogP) is 4.91. The molecule has 1 unspecified atom stereocenters. The molecule has 112 valence electrons. The van der Waals surface area contributed by atoms with E-state index in [1.807, 2.05) is 0 Å². The predicted molar refractivity (Wildman–Crippen MR) is 88.1 cm³/mol. The van der Waals surface area contributed by atoms with E-state index in [9.17, 15) is 0 Å². The molecule has 0 heterocycles. The van der Waals surface area contributed by atoms with Crippen molar-refractivity contribution in [1.82, 2.24) is 5.32 Å². The quantitative estimate of drug-likeness (QED) is 0.776. The normalized spacial score (nSPS) is 18.9. The van der Waals surface area contributed by atoms with Gasteiger partial charge in [-0.25, -0.2) is 0 Å². The standard InChI is InChI=1S/C19H31N/c1-16(20-15-17-10-6-4-7-11-17)14-19(2,3)18-12-8-5-9-13-18/h5,8-9,12-13,16-17,20H,4,6-7,10-11,14-15H2,1-3H3. The molecule has 1 heteroatoms. The van der Waals surface area contributed by atoms with Gasteiger partial charge in [0.2, 0.25) is 0 Å². The molecule has 1 N–H and O–H groups in total. The summed E-state index contributed by atoms with van der Waals surface area (Å²) >= 11 is 0. The first kappa shape index (κ1) is 15.6. The van der Waals surface area contributed by atoms with E-state index in [0.29, 0.717) is 6.04 Å². The lowest BCUT2D eigenvalue weighted by Crippen LogP contribution is -2.36. The average Bonchev–Trinajstić information content (AvgIpc) is 2.47. The number of hydrogen-bond donors (Lipinski definition) is 1. The van der Waals surface area contributed by atoms with Crippen LogP contribution in [0.1, 0.15) is 64.9 Å².